The number of amides is 2. The molecule has 0 aromatic heterocycles. The Balaban J connectivity index is 1.55. The number of imide groups is 1. The quantitative estimate of drug-likeness (QED) is 0.261. The second-order valence-corrected chi connectivity index (χ2v) is 9.86. The summed E-state index contributed by atoms with van der Waals surface area (Å²) in [5, 5.41) is 0.199. The van der Waals surface area contributed by atoms with E-state index in [1.807, 2.05) is 13.0 Å². The first-order valence-corrected chi connectivity index (χ1v) is 12.7. The van der Waals surface area contributed by atoms with Gasteiger partial charge in [-0.15, -0.1) is 0 Å². The van der Waals surface area contributed by atoms with Crippen LogP contribution >= 0.6 is 39.3 Å². The lowest BCUT2D eigenvalue weighted by Crippen LogP contribution is -2.27. The number of ether oxygens (including phenoxy) is 2. The normalized spacial score (nSPS) is 14.6. The van der Waals surface area contributed by atoms with Gasteiger partial charge in [0.1, 0.15) is 12.4 Å². The van der Waals surface area contributed by atoms with Crippen molar-refractivity contribution in [3.63, 3.8) is 0 Å². The molecule has 35 heavy (non-hydrogen) atoms. The fourth-order valence-corrected chi connectivity index (χ4v) is 5.04. The molecular weight excluding hydrogens is 557 g/mol. The van der Waals surface area contributed by atoms with Crippen LogP contribution < -0.4 is 9.47 Å². The van der Waals surface area contributed by atoms with Crippen LogP contribution in [0.15, 0.2) is 70.0 Å². The maximum absolute atomic E-state index is 13.2. The van der Waals surface area contributed by atoms with E-state index in [-0.39, 0.29) is 30.1 Å². The molecule has 3 aromatic rings. The van der Waals surface area contributed by atoms with Gasteiger partial charge in [0.05, 0.1) is 22.5 Å². The van der Waals surface area contributed by atoms with E-state index in [1.165, 1.54) is 17.0 Å². The summed E-state index contributed by atoms with van der Waals surface area (Å²) in [5.74, 6) is 0.285. The van der Waals surface area contributed by atoms with Gasteiger partial charge in [-0.25, -0.2) is 4.39 Å². The lowest BCUT2D eigenvalue weighted by molar-refractivity contribution is -0.123. The van der Waals surface area contributed by atoms with Crippen molar-refractivity contribution in [3.05, 3.63) is 97.6 Å². The molecule has 2 amide bonds. The van der Waals surface area contributed by atoms with Crippen molar-refractivity contribution in [2.75, 3.05) is 6.61 Å². The summed E-state index contributed by atoms with van der Waals surface area (Å²) in [6.07, 6.45) is 1.65. The highest BCUT2D eigenvalue weighted by atomic mass is 79.9. The van der Waals surface area contributed by atoms with E-state index in [4.69, 9.17) is 21.1 Å². The van der Waals surface area contributed by atoms with Crippen LogP contribution in [0.2, 0.25) is 5.02 Å². The third kappa shape index (κ3) is 6.25. The first-order valence-electron chi connectivity index (χ1n) is 10.7. The van der Waals surface area contributed by atoms with Crippen molar-refractivity contribution in [3.8, 4) is 11.5 Å². The number of nitrogens with zero attached hydrogens (tertiary/aromatic N) is 1. The van der Waals surface area contributed by atoms with Gasteiger partial charge in [-0.3, -0.25) is 14.5 Å². The third-order valence-electron chi connectivity index (χ3n) is 5.03. The lowest BCUT2D eigenvalue weighted by Gasteiger charge is -2.15. The highest BCUT2D eigenvalue weighted by molar-refractivity contribution is 9.10. The van der Waals surface area contributed by atoms with Crippen molar-refractivity contribution in [1.29, 1.82) is 0 Å². The van der Waals surface area contributed by atoms with E-state index < -0.39 is 0 Å². The van der Waals surface area contributed by atoms with Gasteiger partial charge in [-0.05, 0) is 93.8 Å². The molecule has 9 heteroatoms. The van der Waals surface area contributed by atoms with Crippen LogP contribution in [0.4, 0.5) is 9.18 Å². The zero-order valence-corrected chi connectivity index (χ0v) is 21.8. The molecule has 3 aromatic carbocycles. The number of carbonyl (C=O) groups is 2. The van der Waals surface area contributed by atoms with E-state index in [0.29, 0.717) is 38.1 Å². The zero-order valence-electron chi connectivity index (χ0n) is 18.6. The van der Waals surface area contributed by atoms with E-state index in [9.17, 15) is 14.0 Å². The summed E-state index contributed by atoms with van der Waals surface area (Å²) < 4.78 is 25.5. The first kappa shape index (κ1) is 25.3. The Morgan fingerprint density at radius 3 is 2.54 bits per heavy atom. The molecule has 1 saturated heterocycles. The van der Waals surface area contributed by atoms with Gasteiger partial charge in [0.2, 0.25) is 0 Å². The Hall–Kier alpha value is -2.81. The van der Waals surface area contributed by atoms with E-state index in [2.05, 4.69) is 15.9 Å². The molecule has 4 rings (SSSR count). The molecule has 5 nitrogen and oxygen atoms in total. The standard InChI is InChI=1S/C26H20BrClFNO4S/c1-2-33-22-12-18(11-21(27)24(22)34-15-16-6-8-20(29)9-7-16)13-23-25(31)30(26(32)35-23)14-17-4-3-5-19(28)10-17/h3-13H,2,14-15H2,1H3/b23-13-. The minimum atomic E-state index is -0.370. The number of carbonyl (C=O) groups excluding carboxylic acids is 2. The molecule has 0 N–H and O–H groups in total. The first-order chi connectivity index (χ1) is 16.8. The molecule has 0 aliphatic carbocycles. The Morgan fingerprint density at radius 2 is 1.83 bits per heavy atom. The van der Waals surface area contributed by atoms with Crippen LogP contribution in [0, 0.1) is 5.82 Å². The smallest absolute Gasteiger partial charge is 0.293 e. The van der Waals surface area contributed by atoms with Gasteiger partial charge < -0.3 is 9.47 Å². The largest absolute Gasteiger partial charge is 0.490 e. The van der Waals surface area contributed by atoms with Crippen LogP contribution in [-0.4, -0.2) is 22.7 Å². The Morgan fingerprint density at radius 1 is 1.06 bits per heavy atom. The fraction of sp³-hybridized carbons (Fsp3) is 0.154. The Kier molecular flexibility index (Phi) is 8.15. The van der Waals surface area contributed by atoms with Crippen molar-refractivity contribution >= 4 is 56.5 Å². The number of halogens is 3. The molecule has 180 valence electrons. The molecule has 1 aliphatic heterocycles. The van der Waals surface area contributed by atoms with Crippen LogP contribution in [-0.2, 0) is 17.9 Å². The summed E-state index contributed by atoms with van der Waals surface area (Å²) in [4.78, 5) is 27.0. The summed E-state index contributed by atoms with van der Waals surface area (Å²) in [7, 11) is 0. The SMILES string of the molecule is CCOc1cc(/C=C2\SC(=O)N(Cc3cccc(Cl)c3)C2=O)cc(Br)c1OCc1ccc(F)cc1. The summed E-state index contributed by atoms with van der Waals surface area (Å²) in [5.41, 5.74) is 2.24. The lowest BCUT2D eigenvalue weighted by atomic mass is 10.1. The van der Waals surface area contributed by atoms with Crippen LogP contribution in [0.3, 0.4) is 0 Å². The van der Waals surface area contributed by atoms with E-state index >= 15 is 0 Å². The minimum Gasteiger partial charge on any atom is -0.490 e. The molecule has 0 radical (unpaired) electrons. The number of benzene rings is 3. The van der Waals surface area contributed by atoms with Crippen LogP contribution in [0.1, 0.15) is 23.6 Å². The fourth-order valence-electron chi connectivity index (χ4n) is 3.42. The highest BCUT2D eigenvalue weighted by Gasteiger charge is 2.35. The maximum atomic E-state index is 13.2. The van der Waals surface area contributed by atoms with E-state index in [1.54, 1.807) is 48.5 Å². The third-order valence-corrected chi connectivity index (χ3v) is 6.76. The molecular formula is C26H20BrClFNO4S. The average molecular weight is 577 g/mol. The molecule has 1 aliphatic rings. The van der Waals surface area contributed by atoms with Gasteiger partial charge in [-0.2, -0.15) is 0 Å². The predicted molar refractivity (Wildman–Crippen MR) is 139 cm³/mol. The highest BCUT2D eigenvalue weighted by Crippen LogP contribution is 2.40. The molecule has 0 spiro atoms. The number of hydrogen-bond acceptors (Lipinski definition) is 5. The predicted octanol–water partition coefficient (Wildman–Crippen LogP) is 7.46. The maximum Gasteiger partial charge on any atom is 0.293 e. The summed E-state index contributed by atoms with van der Waals surface area (Å²) >= 11 is 10.4. The van der Waals surface area contributed by atoms with Gasteiger partial charge >= 0.3 is 0 Å². The Bertz CT molecular complexity index is 1300. The summed E-state index contributed by atoms with van der Waals surface area (Å²) in [6, 6.07) is 16.6. The number of rotatable bonds is 8. The second kappa shape index (κ2) is 11.3. The molecule has 0 bridgehead atoms. The molecule has 1 heterocycles. The van der Waals surface area contributed by atoms with Crippen LogP contribution in [0.5, 0.6) is 11.5 Å². The van der Waals surface area contributed by atoms with Gasteiger partial charge in [-0.1, -0.05) is 35.9 Å². The molecule has 0 atom stereocenters. The topological polar surface area (TPSA) is 55.8 Å². The summed E-state index contributed by atoms with van der Waals surface area (Å²) in [6.45, 7) is 2.62. The zero-order chi connectivity index (χ0) is 24.9. The van der Waals surface area contributed by atoms with Crippen molar-refractivity contribution < 1.29 is 23.5 Å². The van der Waals surface area contributed by atoms with E-state index in [0.717, 1.165) is 22.9 Å². The van der Waals surface area contributed by atoms with Crippen molar-refractivity contribution in [2.45, 2.75) is 20.1 Å². The second-order valence-electron chi connectivity index (χ2n) is 7.58. The number of hydrogen-bond donors (Lipinski definition) is 0. The van der Waals surface area contributed by atoms with Crippen molar-refractivity contribution in [2.24, 2.45) is 0 Å². The van der Waals surface area contributed by atoms with Crippen molar-refractivity contribution in [1.82, 2.24) is 4.90 Å². The molecule has 0 saturated carbocycles. The molecule has 0 unspecified atom stereocenters. The number of thioether (sulfide) groups is 1. The Labute approximate surface area is 220 Å². The monoisotopic (exact) mass is 575 g/mol. The van der Waals surface area contributed by atoms with Gasteiger partial charge in [0, 0.05) is 5.02 Å². The minimum absolute atomic E-state index is 0.145. The van der Waals surface area contributed by atoms with Crippen LogP contribution in [0.25, 0.3) is 6.08 Å². The average Bonchev–Trinajstić information content (AvgIpc) is 3.07. The van der Waals surface area contributed by atoms with Gasteiger partial charge in [0.25, 0.3) is 11.1 Å². The van der Waals surface area contributed by atoms with Gasteiger partial charge in [0.15, 0.2) is 11.5 Å². The molecule has 1 fully saturated rings.